The van der Waals surface area contributed by atoms with Gasteiger partial charge < -0.3 is 19.8 Å². The van der Waals surface area contributed by atoms with Gasteiger partial charge in [0.05, 0.1) is 12.3 Å². The van der Waals surface area contributed by atoms with Crippen molar-refractivity contribution in [1.82, 2.24) is 4.98 Å². The van der Waals surface area contributed by atoms with Crippen LogP contribution in [0.25, 0.3) is 0 Å². The Hall–Kier alpha value is -3.72. The fraction of sp³-hybridized carbons (Fsp3) is 0.167. The van der Waals surface area contributed by atoms with Crippen LogP contribution in [-0.4, -0.2) is 17.5 Å². The van der Waals surface area contributed by atoms with Gasteiger partial charge in [0.25, 0.3) is 5.91 Å². The molecule has 2 N–H and O–H groups in total. The second-order valence-electron chi connectivity index (χ2n) is 7.20. The molecule has 0 aliphatic carbocycles. The van der Waals surface area contributed by atoms with Crippen LogP contribution in [0.5, 0.6) is 5.75 Å². The van der Waals surface area contributed by atoms with Crippen LogP contribution in [0, 0.1) is 13.8 Å². The zero-order valence-corrected chi connectivity index (χ0v) is 18.7. The molecule has 0 fully saturated rings. The Bertz CT molecular complexity index is 1210. The molecule has 0 radical (unpaired) electrons. The molecule has 170 valence electrons. The summed E-state index contributed by atoms with van der Waals surface area (Å²) in [6.07, 6.45) is 3.11. The van der Waals surface area contributed by atoms with Gasteiger partial charge in [0, 0.05) is 16.6 Å². The predicted molar refractivity (Wildman–Crippen MR) is 123 cm³/mol. The van der Waals surface area contributed by atoms with Crippen molar-refractivity contribution in [2.24, 2.45) is 0 Å². The molecule has 0 spiro atoms. The number of pyridine rings is 1. The minimum absolute atomic E-state index is 0.0647. The Morgan fingerprint density at radius 3 is 2.52 bits per heavy atom. The number of rotatable bonds is 8. The second-order valence-corrected chi connectivity index (χ2v) is 8.42. The summed E-state index contributed by atoms with van der Waals surface area (Å²) < 4.78 is 34.9. The lowest BCUT2D eigenvalue weighted by atomic mass is 9.96. The zero-order chi connectivity index (χ0) is 23.4. The summed E-state index contributed by atoms with van der Waals surface area (Å²) in [5, 5.41) is 7.02. The predicted octanol–water partition coefficient (Wildman–Crippen LogP) is 6.41. The number of thiophene rings is 1. The maximum atomic E-state index is 12.7. The van der Waals surface area contributed by atoms with Crippen LogP contribution in [0.4, 0.5) is 19.6 Å². The van der Waals surface area contributed by atoms with E-state index in [1.54, 1.807) is 30.5 Å². The van der Waals surface area contributed by atoms with E-state index in [-0.39, 0.29) is 17.4 Å². The number of ether oxygens (including phenoxy) is 1. The Morgan fingerprint density at radius 1 is 1.09 bits per heavy atom. The number of nitrogens with zero attached hydrogens (tertiary/aromatic N) is 1. The van der Waals surface area contributed by atoms with Gasteiger partial charge in [-0.1, -0.05) is 18.2 Å². The van der Waals surface area contributed by atoms with Crippen LogP contribution < -0.4 is 15.4 Å². The molecule has 1 amide bonds. The Labute approximate surface area is 193 Å². The first kappa shape index (κ1) is 22.5. The highest BCUT2D eigenvalue weighted by molar-refractivity contribution is 7.16. The Kier molecular flexibility index (Phi) is 6.69. The molecule has 33 heavy (non-hydrogen) atoms. The molecule has 0 saturated heterocycles. The van der Waals surface area contributed by atoms with E-state index in [1.807, 2.05) is 32.0 Å². The van der Waals surface area contributed by atoms with Gasteiger partial charge in [-0.25, -0.2) is 4.98 Å². The Balaban J connectivity index is 1.74. The van der Waals surface area contributed by atoms with E-state index in [2.05, 4.69) is 20.4 Å². The lowest BCUT2D eigenvalue weighted by Crippen LogP contribution is -2.17. The van der Waals surface area contributed by atoms with Crippen LogP contribution in [0.15, 0.2) is 71.5 Å². The number of hydrogen-bond acceptors (Lipinski definition) is 6. The minimum Gasteiger partial charge on any atom is -0.459 e. The summed E-state index contributed by atoms with van der Waals surface area (Å²) in [4.78, 5) is 18.1. The standard InChI is InChI=1S/C24H21F2N3O3S/c1-14-15(2)33-23(29-22(30)18-6-5-13-31-18)20(14)21(28-19-7-3-4-12-27-19)16-8-10-17(11-9-16)32-24(25)26/h3-13,21,24H,1-2H3,(H,27,28)(H,29,30)/t21-/m0/s1. The second kappa shape index (κ2) is 9.83. The molecule has 4 rings (SSSR count). The van der Waals surface area contributed by atoms with Crippen LogP contribution in [0.1, 0.15) is 38.2 Å². The number of carbonyl (C=O) groups excluding carboxylic acids is 1. The summed E-state index contributed by atoms with van der Waals surface area (Å²) in [7, 11) is 0. The van der Waals surface area contributed by atoms with Crippen molar-refractivity contribution in [2.45, 2.75) is 26.5 Å². The van der Waals surface area contributed by atoms with Crippen LogP contribution in [0.3, 0.4) is 0 Å². The largest absolute Gasteiger partial charge is 0.459 e. The molecule has 0 saturated carbocycles. The van der Waals surface area contributed by atoms with E-state index < -0.39 is 12.7 Å². The first-order chi connectivity index (χ1) is 15.9. The number of aromatic nitrogens is 1. The lowest BCUT2D eigenvalue weighted by Gasteiger charge is -2.22. The summed E-state index contributed by atoms with van der Waals surface area (Å²) >= 11 is 1.45. The normalized spacial score (nSPS) is 11.9. The molecule has 9 heteroatoms. The number of benzene rings is 1. The molecule has 4 aromatic rings. The maximum Gasteiger partial charge on any atom is 0.387 e. The number of hydrogen-bond donors (Lipinski definition) is 2. The number of carbonyl (C=O) groups is 1. The number of aryl methyl sites for hydroxylation is 1. The summed E-state index contributed by atoms with van der Waals surface area (Å²) in [5.74, 6) is 0.532. The van der Waals surface area contributed by atoms with Gasteiger partial charge >= 0.3 is 6.61 Å². The smallest absolute Gasteiger partial charge is 0.387 e. The molecular formula is C24H21F2N3O3S. The van der Waals surface area contributed by atoms with E-state index >= 15 is 0 Å². The number of alkyl halides is 2. The van der Waals surface area contributed by atoms with Crippen molar-refractivity contribution in [3.63, 3.8) is 0 Å². The third-order valence-corrected chi connectivity index (χ3v) is 6.23. The zero-order valence-electron chi connectivity index (χ0n) is 17.8. The van der Waals surface area contributed by atoms with Gasteiger partial charge in [0.15, 0.2) is 5.76 Å². The monoisotopic (exact) mass is 469 g/mol. The van der Waals surface area contributed by atoms with E-state index in [9.17, 15) is 13.6 Å². The molecule has 0 aliphatic heterocycles. The van der Waals surface area contributed by atoms with Crippen LogP contribution in [-0.2, 0) is 0 Å². The van der Waals surface area contributed by atoms with E-state index in [4.69, 9.17) is 4.42 Å². The summed E-state index contributed by atoms with van der Waals surface area (Å²) in [5.41, 5.74) is 2.64. The number of anilines is 2. The van der Waals surface area contributed by atoms with E-state index in [0.29, 0.717) is 10.8 Å². The molecule has 0 unspecified atom stereocenters. The van der Waals surface area contributed by atoms with Gasteiger partial charge in [-0.2, -0.15) is 8.78 Å². The lowest BCUT2D eigenvalue weighted by molar-refractivity contribution is -0.0498. The van der Waals surface area contributed by atoms with E-state index in [0.717, 1.165) is 21.6 Å². The van der Waals surface area contributed by atoms with Crippen molar-refractivity contribution in [1.29, 1.82) is 0 Å². The summed E-state index contributed by atoms with van der Waals surface area (Å²) in [6, 6.07) is 14.7. The van der Waals surface area contributed by atoms with Crippen molar-refractivity contribution >= 4 is 28.1 Å². The molecule has 3 heterocycles. The van der Waals surface area contributed by atoms with Gasteiger partial charge in [-0.3, -0.25) is 4.79 Å². The molecule has 3 aromatic heterocycles. The van der Waals surface area contributed by atoms with E-state index in [1.165, 1.54) is 29.7 Å². The van der Waals surface area contributed by atoms with Gasteiger partial charge in [-0.05, 0) is 61.4 Å². The van der Waals surface area contributed by atoms with Gasteiger partial charge in [0.1, 0.15) is 16.6 Å². The molecular weight excluding hydrogens is 448 g/mol. The average molecular weight is 470 g/mol. The molecule has 6 nitrogen and oxygen atoms in total. The van der Waals surface area contributed by atoms with Crippen molar-refractivity contribution in [3.8, 4) is 5.75 Å². The first-order valence-corrected chi connectivity index (χ1v) is 10.9. The third-order valence-electron chi connectivity index (χ3n) is 5.09. The maximum absolute atomic E-state index is 12.7. The van der Waals surface area contributed by atoms with Crippen molar-refractivity contribution in [3.05, 3.63) is 94.4 Å². The highest BCUT2D eigenvalue weighted by atomic mass is 32.1. The topological polar surface area (TPSA) is 76.4 Å². The van der Waals surface area contributed by atoms with Gasteiger partial charge in [0.2, 0.25) is 0 Å². The molecule has 0 bridgehead atoms. The fourth-order valence-corrected chi connectivity index (χ4v) is 4.51. The quantitative estimate of drug-likeness (QED) is 0.312. The average Bonchev–Trinajstić information content (AvgIpc) is 3.42. The minimum atomic E-state index is -2.90. The number of halogens is 2. The molecule has 1 atom stereocenters. The number of amides is 1. The van der Waals surface area contributed by atoms with Crippen molar-refractivity contribution in [2.75, 3.05) is 10.6 Å². The molecule has 1 aromatic carbocycles. The van der Waals surface area contributed by atoms with Crippen LogP contribution in [0.2, 0.25) is 0 Å². The third kappa shape index (κ3) is 5.20. The highest BCUT2D eigenvalue weighted by Gasteiger charge is 2.26. The molecule has 0 aliphatic rings. The fourth-order valence-electron chi connectivity index (χ4n) is 3.42. The first-order valence-electron chi connectivity index (χ1n) is 10.1. The van der Waals surface area contributed by atoms with Crippen molar-refractivity contribution < 1.29 is 22.7 Å². The highest BCUT2D eigenvalue weighted by Crippen LogP contribution is 2.41. The Morgan fingerprint density at radius 2 is 1.88 bits per heavy atom. The number of furan rings is 1. The van der Waals surface area contributed by atoms with Crippen LogP contribution >= 0.6 is 11.3 Å². The SMILES string of the molecule is Cc1sc(NC(=O)c2ccco2)c([C@@H](Nc2ccccn2)c2ccc(OC(F)F)cc2)c1C. The van der Waals surface area contributed by atoms with Gasteiger partial charge in [-0.15, -0.1) is 11.3 Å². The summed E-state index contributed by atoms with van der Waals surface area (Å²) in [6.45, 7) is 1.05. The number of nitrogens with one attached hydrogen (secondary N) is 2.